The molecule has 0 bridgehead atoms. The van der Waals surface area contributed by atoms with Gasteiger partial charge in [0.2, 0.25) is 0 Å². The molecule has 270 valence electrons. The fourth-order valence-electron chi connectivity index (χ4n) is 8.54. The molecule has 2 aliphatic rings. The summed E-state index contributed by atoms with van der Waals surface area (Å²) in [4.78, 5) is 0. The Hall–Kier alpha value is -6.28. The monoisotopic (exact) mass is 736 g/mol. The van der Waals surface area contributed by atoms with Crippen LogP contribution in [0.25, 0.3) is 69.6 Å². The van der Waals surface area contributed by atoms with E-state index in [1.165, 1.54) is 69.7 Å². The maximum absolute atomic E-state index is 4.62. The molecule has 56 heavy (non-hydrogen) atoms. The summed E-state index contributed by atoms with van der Waals surface area (Å²) in [6, 6.07) is 46.8. The number of benzene rings is 5. The van der Waals surface area contributed by atoms with Crippen LogP contribution < -0.4 is 0 Å². The van der Waals surface area contributed by atoms with Crippen LogP contribution in [0, 0.1) is 0 Å². The van der Waals surface area contributed by atoms with Crippen LogP contribution in [0.3, 0.4) is 0 Å². The molecule has 0 fully saturated rings. The summed E-state index contributed by atoms with van der Waals surface area (Å²) in [5.41, 5.74) is 11.8. The standard InChI is InChI=1S/C55H44S/c1-37(28-29-38(2)42-22-14-10-11-15-23-43(45-25-17-16-24-44(42)45)39-20-12-8-6-5-7-9-13-21-39)40-30-32-50-48(34-40)49-36-47-41(35-51(49)55(50,3)4)31-33-53-54(47)46-26-18-19-27-52(46)56-53/h5-6,8-19,21-36H,1-2,7,20H2,3-4H3/b6-5-,11-10?,12-8-,13-9-,14-10?,15-11?,22-14?,23-15?,29-28-,39-21?,42-22?,43-23?,44-42?,45-43?. The molecule has 0 N–H and O–H groups in total. The zero-order valence-electron chi connectivity index (χ0n) is 32.1. The Bertz CT molecular complexity index is 2970. The second-order valence-electron chi connectivity index (χ2n) is 15.3. The molecule has 0 aliphatic heterocycles. The van der Waals surface area contributed by atoms with Gasteiger partial charge in [-0.1, -0.05) is 179 Å². The molecule has 0 atom stereocenters. The summed E-state index contributed by atoms with van der Waals surface area (Å²) in [7, 11) is 0. The van der Waals surface area contributed by atoms with Gasteiger partial charge in [-0.2, -0.15) is 0 Å². The van der Waals surface area contributed by atoms with Gasteiger partial charge in [0.25, 0.3) is 0 Å². The van der Waals surface area contributed by atoms with Gasteiger partial charge in [-0.15, -0.1) is 11.3 Å². The Balaban J connectivity index is 1.10. The van der Waals surface area contributed by atoms with Crippen LogP contribution in [0.5, 0.6) is 0 Å². The third-order valence-electron chi connectivity index (χ3n) is 11.5. The number of rotatable bonds is 5. The minimum absolute atomic E-state index is 0.103. The Labute approximate surface area is 334 Å². The van der Waals surface area contributed by atoms with E-state index >= 15 is 0 Å². The minimum Gasteiger partial charge on any atom is -0.135 e. The summed E-state index contributed by atoms with van der Waals surface area (Å²) >= 11 is 1.88. The Morgan fingerprint density at radius 3 is 2.16 bits per heavy atom. The van der Waals surface area contributed by atoms with Gasteiger partial charge in [-0.25, -0.2) is 0 Å². The van der Waals surface area contributed by atoms with Crippen LogP contribution >= 0.6 is 11.3 Å². The van der Waals surface area contributed by atoms with Gasteiger partial charge < -0.3 is 0 Å². The maximum Gasteiger partial charge on any atom is 0.0361 e. The first-order chi connectivity index (χ1) is 27.4. The van der Waals surface area contributed by atoms with Crippen molar-refractivity contribution in [2.75, 3.05) is 0 Å². The Morgan fingerprint density at radius 2 is 1.29 bits per heavy atom. The van der Waals surface area contributed by atoms with Crippen molar-refractivity contribution in [2.24, 2.45) is 0 Å². The van der Waals surface area contributed by atoms with E-state index in [9.17, 15) is 0 Å². The van der Waals surface area contributed by atoms with E-state index in [0.29, 0.717) is 0 Å². The molecule has 0 spiro atoms. The van der Waals surface area contributed by atoms with E-state index in [4.69, 9.17) is 0 Å². The quantitative estimate of drug-likeness (QED) is 0.154. The highest BCUT2D eigenvalue weighted by Gasteiger charge is 2.36. The molecule has 0 unspecified atom stereocenters. The van der Waals surface area contributed by atoms with Crippen LogP contribution in [-0.2, 0) is 5.41 Å². The number of allylic oxidation sites excluding steroid dienone is 12. The van der Waals surface area contributed by atoms with Crippen molar-refractivity contribution in [3.05, 3.63) is 223 Å². The van der Waals surface area contributed by atoms with Crippen molar-refractivity contribution >= 4 is 69.8 Å². The molecule has 2 aliphatic carbocycles. The summed E-state index contributed by atoms with van der Waals surface area (Å²) in [6.07, 6.45) is 21.4. The third-order valence-corrected chi connectivity index (χ3v) is 12.6. The van der Waals surface area contributed by atoms with Gasteiger partial charge in [0.15, 0.2) is 0 Å². The lowest BCUT2D eigenvalue weighted by molar-refractivity contribution is 0.661. The molecule has 1 heteroatoms. The van der Waals surface area contributed by atoms with Crippen molar-refractivity contribution in [3.63, 3.8) is 0 Å². The second kappa shape index (κ2) is 14.8. The Morgan fingerprint density at radius 1 is 0.571 bits per heavy atom. The first-order valence-corrected chi connectivity index (χ1v) is 20.3. The molecule has 7 aromatic rings. The van der Waals surface area contributed by atoms with Crippen LogP contribution in [0.4, 0.5) is 0 Å². The highest BCUT2D eigenvalue weighted by atomic mass is 32.1. The SMILES string of the molecule is C=C(/C=C\C(=C)c1ccccccc(C2=C/C=C\C/C=C\C=C/C2)c2ccccc12)c1ccc2c(c1)-c1cc3c(ccc4sc5ccccc5c43)cc1C2(C)C. The predicted molar refractivity (Wildman–Crippen MR) is 248 cm³/mol. The average Bonchev–Trinajstić information content (AvgIpc) is 3.71. The van der Waals surface area contributed by atoms with Crippen molar-refractivity contribution in [2.45, 2.75) is 32.1 Å². The number of fused-ring (bicyclic) bond motifs is 9. The molecule has 9 rings (SSSR count). The van der Waals surface area contributed by atoms with Gasteiger partial charge in [-0.3, -0.25) is 0 Å². The number of hydrogen-bond acceptors (Lipinski definition) is 1. The molecular weight excluding hydrogens is 693 g/mol. The largest absolute Gasteiger partial charge is 0.135 e. The first-order valence-electron chi connectivity index (χ1n) is 19.5. The zero-order valence-corrected chi connectivity index (χ0v) is 32.9. The van der Waals surface area contributed by atoms with Gasteiger partial charge in [0.1, 0.15) is 0 Å². The lowest BCUT2D eigenvalue weighted by Gasteiger charge is -2.22. The highest BCUT2D eigenvalue weighted by Crippen LogP contribution is 2.52. The minimum atomic E-state index is -0.103. The molecule has 0 amide bonds. The molecule has 0 nitrogen and oxygen atoms in total. The summed E-state index contributed by atoms with van der Waals surface area (Å²) in [6.45, 7) is 13.9. The van der Waals surface area contributed by atoms with Gasteiger partial charge >= 0.3 is 0 Å². The summed E-state index contributed by atoms with van der Waals surface area (Å²) in [5, 5.41) is 7.67. The molecule has 1 heterocycles. The zero-order chi connectivity index (χ0) is 38.2. The van der Waals surface area contributed by atoms with Crippen molar-refractivity contribution in [1.29, 1.82) is 0 Å². The van der Waals surface area contributed by atoms with Crippen LogP contribution in [0.2, 0.25) is 0 Å². The van der Waals surface area contributed by atoms with Crippen LogP contribution in [-0.4, -0.2) is 0 Å². The lowest BCUT2D eigenvalue weighted by Crippen LogP contribution is -2.14. The molecule has 0 saturated carbocycles. The second-order valence-corrected chi connectivity index (χ2v) is 16.4. The van der Waals surface area contributed by atoms with Gasteiger partial charge in [0, 0.05) is 25.6 Å². The normalized spacial score (nSPS) is 16.3. The smallest absolute Gasteiger partial charge is 0.0361 e. The number of thiophene rings is 1. The van der Waals surface area contributed by atoms with Crippen molar-refractivity contribution in [1.82, 2.24) is 0 Å². The Kier molecular flexibility index (Phi) is 9.33. The van der Waals surface area contributed by atoms with Crippen LogP contribution in [0.15, 0.2) is 195 Å². The van der Waals surface area contributed by atoms with E-state index in [2.05, 4.69) is 209 Å². The summed E-state index contributed by atoms with van der Waals surface area (Å²) in [5.74, 6) is 0. The lowest BCUT2D eigenvalue weighted by atomic mass is 9.81. The summed E-state index contributed by atoms with van der Waals surface area (Å²) < 4.78 is 2.68. The van der Waals surface area contributed by atoms with Crippen molar-refractivity contribution < 1.29 is 0 Å². The fraction of sp³-hybridized carbons (Fsp3) is 0.0909. The van der Waals surface area contributed by atoms with Gasteiger partial charge in [-0.05, 0) is 120 Å². The average molecular weight is 737 g/mol. The van der Waals surface area contributed by atoms with Crippen LogP contribution in [0.1, 0.15) is 54.5 Å². The molecular formula is C55H44S. The molecule has 6 aromatic carbocycles. The van der Waals surface area contributed by atoms with Crippen molar-refractivity contribution in [3.8, 4) is 11.1 Å². The topological polar surface area (TPSA) is 0 Å². The molecule has 1 aromatic heterocycles. The fourth-order valence-corrected chi connectivity index (χ4v) is 9.67. The van der Waals surface area contributed by atoms with E-state index in [1.807, 2.05) is 11.3 Å². The number of hydrogen-bond donors (Lipinski definition) is 0. The third kappa shape index (κ3) is 6.39. The van der Waals surface area contributed by atoms with E-state index < -0.39 is 0 Å². The van der Waals surface area contributed by atoms with E-state index in [-0.39, 0.29) is 5.41 Å². The maximum atomic E-state index is 4.62. The predicted octanol–water partition coefficient (Wildman–Crippen LogP) is 15.9. The van der Waals surface area contributed by atoms with E-state index in [0.717, 1.165) is 40.5 Å². The highest BCUT2D eigenvalue weighted by molar-refractivity contribution is 7.26. The molecule has 0 radical (unpaired) electrons. The van der Waals surface area contributed by atoms with Gasteiger partial charge in [0.05, 0.1) is 0 Å². The first kappa shape index (κ1) is 35.4. The van der Waals surface area contributed by atoms with E-state index in [1.54, 1.807) is 0 Å². The molecule has 0 saturated heterocycles.